The van der Waals surface area contributed by atoms with E-state index in [-0.39, 0.29) is 12.1 Å². The van der Waals surface area contributed by atoms with Crippen LogP contribution in [0.15, 0.2) is 53.7 Å². The van der Waals surface area contributed by atoms with E-state index in [1.807, 2.05) is 0 Å². The fraction of sp³-hybridized carbons (Fsp3) is 0.176. The SMILES string of the molecule is COc1ccc(/C(C[C@@]2(O)C(=O)Nc3ccccc32)=N/O)cc1. The summed E-state index contributed by atoms with van der Waals surface area (Å²) in [6.07, 6.45) is -0.140. The highest BCUT2D eigenvalue weighted by atomic mass is 16.5. The van der Waals surface area contributed by atoms with Crippen LogP contribution in [0.4, 0.5) is 5.69 Å². The molecule has 1 atom stereocenters. The van der Waals surface area contributed by atoms with E-state index in [1.165, 1.54) is 0 Å². The highest BCUT2D eigenvalue weighted by molar-refractivity contribution is 6.10. The third-order valence-electron chi connectivity index (χ3n) is 3.96. The first kappa shape index (κ1) is 15.1. The number of nitrogens with zero attached hydrogens (tertiary/aromatic N) is 1. The number of benzene rings is 2. The Kier molecular flexibility index (Phi) is 3.75. The highest BCUT2D eigenvalue weighted by Gasteiger charge is 2.46. The number of ether oxygens (including phenoxy) is 1. The molecule has 0 aromatic heterocycles. The molecular weight excluding hydrogens is 296 g/mol. The number of carbonyl (C=O) groups is 1. The van der Waals surface area contributed by atoms with Crippen molar-refractivity contribution in [1.82, 2.24) is 0 Å². The van der Waals surface area contributed by atoms with Crippen LogP contribution >= 0.6 is 0 Å². The summed E-state index contributed by atoms with van der Waals surface area (Å²) in [5.41, 5.74) is 0.0746. The lowest BCUT2D eigenvalue weighted by molar-refractivity contribution is -0.132. The summed E-state index contributed by atoms with van der Waals surface area (Å²) < 4.78 is 5.08. The second kappa shape index (κ2) is 5.73. The van der Waals surface area contributed by atoms with E-state index in [1.54, 1.807) is 55.6 Å². The van der Waals surface area contributed by atoms with Gasteiger partial charge >= 0.3 is 0 Å². The van der Waals surface area contributed by atoms with E-state index in [9.17, 15) is 15.1 Å². The second-order valence-electron chi connectivity index (χ2n) is 5.31. The second-order valence-corrected chi connectivity index (χ2v) is 5.31. The van der Waals surface area contributed by atoms with Crippen molar-refractivity contribution >= 4 is 17.3 Å². The smallest absolute Gasteiger partial charge is 0.261 e. The standard InChI is InChI=1S/C17H16N2O4/c1-23-12-8-6-11(7-9-12)15(19-22)10-17(21)13-4-2-3-5-14(13)18-16(17)20/h2-9,21-22H,10H2,1H3,(H,18,20)/b19-15+/t17-/m0/s1. The summed E-state index contributed by atoms with van der Waals surface area (Å²) in [5, 5.41) is 26.1. The number of para-hydroxylation sites is 1. The van der Waals surface area contributed by atoms with Crippen molar-refractivity contribution in [2.24, 2.45) is 5.16 Å². The van der Waals surface area contributed by atoms with Crippen molar-refractivity contribution in [2.45, 2.75) is 12.0 Å². The molecule has 1 heterocycles. The molecule has 6 nitrogen and oxygen atoms in total. The maximum atomic E-state index is 12.2. The molecule has 0 bridgehead atoms. The molecule has 23 heavy (non-hydrogen) atoms. The molecule has 1 aliphatic heterocycles. The Bertz CT molecular complexity index is 770. The molecule has 0 unspecified atom stereocenters. The molecule has 3 N–H and O–H groups in total. The Morgan fingerprint density at radius 3 is 2.57 bits per heavy atom. The first-order chi connectivity index (χ1) is 11.1. The van der Waals surface area contributed by atoms with Gasteiger partial charge in [-0.05, 0) is 35.9 Å². The first-order valence-electron chi connectivity index (χ1n) is 7.07. The molecule has 0 aliphatic carbocycles. The number of aliphatic hydroxyl groups is 1. The van der Waals surface area contributed by atoms with Crippen LogP contribution in [-0.2, 0) is 10.4 Å². The van der Waals surface area contributed by atoms with E-state index in [4.69, 9.17) is 4.74 Å². The minimum atomic E-state index is -1.77. The van der Waals surface area contributed by atoms with Gasteiger partial charge in [-0.1, -0.05) is 23.4 Å². The lowest BCUT2D eigenvalue weighted by atomic mass is 9.88. The highest BCUT2D eigenvalue weighted by Crippen LogP contribution is 2.39. The molecule has 2 aromatic rings. The summed E-state index contributed by atoms with van der Waals surface area (Å²) in [4.78, 5) is 12.2. The third kappa shape index (κ3) is 2.53. The van der Waals surface area contributed by atoms with Gasteiger partial charge in [-0.25, -0.2) is 0 Å². The molecule has 0 saturated carbocycles. The number of hydrogen-bond donors (Lipinski definition) is 3. The summed E-state index contributed by atoms with van der Waals surface area (Å²) in [5.74, 6) is 0.127. The minimum absolute atomic E-state index is 0.140. The summed E-state index contributed by atoms with van der Waals surface area (Å²) in [7, 11) is 1.55. The van der Waals surface area contributed by atoms with Gasteiger partial charge in [0.25, 0.3) is 5.91 Å². The van der Waals surface area contributed by atoms with Crippen molar-refractivity contribution in [3.05, 3.63) is 59.7 Å². The lowest BCUT2D eigenvalue weighted by Crippen LogP contribution is -2.36. The number of carbonyl (C=O) groups excluding carboxylic acids is 1. The number of nitrogens with one attached hydrogen (secondary N) is 1. The van der Waals surface area contributed by atoms with Gasteiger partial charge in [0.05, 0.1) is 12.8 Å². The topological polar surface area (TPSA) is 91.2 Å². The third-order valence-corrected chi connectivity index (χ3v) is 3.96. The normalized spacial score (nSPS) is 20.1. The van der Waals surface area contributed by atoms with E-state index in [0.717, 1.165) is 0 Å². The maximum Gasteiger partial charge on any atom is 0.261 e. The van der Waals surface area contributed by atoms with Gasteiger partial charge in [0, 0.05) is 17.7 Å². The number of anilines is 1. The van der Waals surface area contributed by atoms with E-state index in [0.29, 0.717) is 22.6 Å². The average Bonchev–Trinajstić information content (AvgIpc) is 2.84. The fourth-order valence-corrected chi connectivity index (χ4v) is 2.70. The van der Waals surface area contributed by atoms with Crippen molar-refractivity contribution in [1.29, 1.82) is 0 Å². The van der Waals surface area contributed by atoms with Gasteiger partial charge in [0.2, 0.25) is 0 Å². The summed E-state index contributed by atoms with van der Waals surface area (Å²) >= 11 is 0. The molecule has 1 aliphatic rings. The molecule has 0 saturated heterocycles. The van der Waals surface area contributed by atoms with Crippen molar-refractivity contribution in [3.63, 3.8) is 0 Å². The van der Waals surface area contributed by atoms with Crippen molar-refractivity contribution < 1.29 is 19.8 Å². The zero-order chi connectivity index (χ0) is 16.4. The largest absolute Gasteiger partial charge is 0.497 e. The van der Waals surface area contributed by atoms with Crippen molar-refractivity contribution in [2.75, 3.05) is 12.4 Å². The van der Waals surface area contributed by atoms with Crippen LogP contribution in [0.25, 0.3) is 0 Å². The number of rotatable bonds is 4. The monoisotopic (exact) mass is 312 g/mol. The number of methoxy groups -OCH3 is 1. The molecule has 1 amide bonds. The molecule has 3 rings (SSSR count). The molecule has 6 heteroatoms. The van der Waals surface area contributed by atoms with Crippen LogP contribution in [0.5, 0.6) is 5.75 Å². The number of oxime groups is 1. The van der Waals surface area contributed by atoms with Gasteiger partial charge in [0.15, 0.2) is 5.60 Å². The van der Waals surface area contributed by atoms with Crippen molar-refractivity contribution in [3.8, 4) is 5.75 Å². The zero-order valence-corrected chi connectivity index (χ0v) is 12.5. The predicted octanol–water partition coefficient (Wildman–Crippen LogP) is 2.10. The Morgan fingerprint density at radius 2 is 1.91 bits per heavy atom. The Balaban J connectivity index is 1.94. The fourth-order valence-electron chi connectivity index (χ4n) is 2.70. The van der Waals surface area contributed by atoms with Gasteiger partial charge < -0.3 is 20.4 Å². The number of fused-ring (bicyclic) bond motifs is 1. The first-order valence-corrected chi connectivity index (χ1v) is 7.07. The Hall–Kier alpha value is -2.86. The predicted molar refractivity (Wildman–Crippen MR) is 84.9 cm³/mol. The van der Waals surface area contributed by atoms with Crippen LogP contribution < -0.4 is 10.1 Å². The van der Waals surface area contributed by atoms with E-state index < -0.39 is 11.5 Å². The Morgan fingerprint density at radius 1 is 1.22 bits per heavy atom. The summed E-state index contributed by atoms with van der Waals surface area (Å²) in [6.45, 7) is 0. The van der Waals surface area contributed by atoms with Gasteiger partial charge in [-0.3, -0.25) is 4.79 Å². The molecule has 118 valence electrons. The van der Waals surface area contributed by atoms with Gasteiger partial charge in [-0.2, -0.15) is 0 Å². The molecule has 0 fully saturated rings. The lowest BCUT2D eigenvalue weighted by Gasteiger charge is -2.21. The quantitative estimate of drug-likeness (QED) is 0.458. The Labute approximate surface area is 133 Å². The van der Waals surface area contributed by atoms with Crippen LogP contribution in [0.2, 0.25) is 0 Å². The number of hydrogen-bond acceptors (Lipinski definition) is 5. The van der Waals surface area contributed by atoms with Gasteiger partial charge in [-0.15, -0.1) is 0 Å². The van der Waals surface area contributed by atoms with Crippen LogP contribution in [0, 0.1) is 0 Å². The summed E-state index contributed by atoms with van der Waals surface area (Å²) in [6, 6.07) is 13.7. The van der Waals surface area contributed by atoms with E-state index in [2.05, 4.69) is 10.5 Å². The minimum Gasteiger partial charge on any atom is -0.497 e. The zero-order valence-electron chi connectivity index (χ0n) is 12.5. The maximum absolute atomic E-state index is 12.2. The van der Waals surface area contributed by atoms with E-state index >= 15 is 0 Å². The number of amides is 1. The van der Waals surface area contributed by atoms with Crippen LogP contribution in [0.1, 0.15) is 17.5 Å². The molecule has 0 spiro atoms. The molecule has 0 radical (unpaired) electrons. The molecule has 2 aromatic carbocycles. The van der Waals surface area contributed by atoms with Crippen LogP contribution in [0.3, 0.4) is 0 Å². The van der Waals surface area contributed by atoms with Crippen LogP contribution in [-0.4, -0.2) is 29.0 Å². The molecular formula is C17H16N2O4. The van der Waals surface area contributed by atoms with Gasteiger partial charge in [0.1, 0.15) is 5.75 Å². The average molecular weight is 312 g/mol.